The highest BCUT2D eigenvalue weighted by Crippen LogP contribution is 2.46. The van der Waals surface area contributed by atoms with Crippen LogP contribution in [0.1, 0.15) is 21.7 Å². The van der Waals surface area contributed by atoms with E-state index in [0.717, 1.165) is 35.7 Å². The second-order valence-electron chi connectivity index (χ2n) is 6.32. The van der Waals surface area contributed by atoms with Gasteiger partial charge in [-0.05, 0) is 36.1 Å². The van der Waals surface area contributed by atoms with Crippen molar-refractivity contribution in [3.05, 3.63) is 46.0 Å². The summed E-state index contributed by atoms with van der Waals surface area (Å²) in [6.45, 7) is 3.44. The smallest absolute Gasteiger partial charge is 0.264 e. The molecule has 0 saturated carbocycles. The van der Waals surface area contributed by atoms with Crippen LogP contribution in [0.5, 0.6) is 5.88 Å². The van der Waals surface area contributed by atoms with Gasteiger partial charge in [-0.1, -0.05) is 0 Å². The highest BCUT2D eigenvalue weighted by atomic mass is 32.2. The zero-order valence-electron chi connectivity index (χ0n) is 13.2. The molecule has 2 aliphatic heterocycles. The van der Waals surface area contributed by atoms with Gasteiger partial charge in [-0.15, -0.1) is 23.1 Å². The van der Waals surface area contributed by atoms with Gasteiger partial charge in [0, 0.05) is 31.5 Å². The third-order valence-electron chi connectivity index (χ3n) is 4.48. The van der Waals surface area contributed by atoms with Gasteiger partial charge in [-0.2, -0.15) is 0 Å². The lowest BCUT2D eigenvalue weighted by Crippen LogP contribution is -2.60. The fourth-order valence-corrected chi connectivity index (χ4v) is 5.66. The molecule has 4 rings (SSSR count). The van der Waals surface area contributed by atoms with Gasteiger partial charge in [0.2, 0.25) is 0 Å². The molecule has 2 aliphatic rings. The number of halogens is 1. The second kappa shape index (κ2) is 6.04. The number of ether oxygens (including phenoxy) is 1. The van der Waals surface area contributed by atoms with Gasteiger partial charge >= 0.3 is 0 Å². The monoisotopic (exact) mass is 364 g/mol. The number of carbonyl (C=O) groups excluding carboxylic acids is 1. The van der Waals surface area contributed by atoms with Crippen molar-refractivity contribution < 1.29 is 13.9 Å². The fraction of sp³-hybridized carbons (Fsp3) is 0.412. The molecule has 4 nitrogen and oxygen atoms in total. The second-order valence-corrected chi connectivity index (χ2v) is 8.73. The number of nitrogens with zero attached hydrogens (tertiary/aromatic N) is 2. The summed E-state index contributed by atoms with van der Waals surface area (Å²) in [5.41, 5.74) is 1.04. The Bertz CT molecular complexity index is 773. The average Bonchev–Trinajstić information content (AvgIpc) is 3.14. The number of aryl methyl sites for hydroxylation is 1. The first-order chi connectivity index (χ1) is 11.6. The minimum atomic E-state index is -0.429. The highest BCUT2D eigenvalue weighted by molar-refractivity contribution is 8.01. The van der Waals surface area contributed by atoms with Crippen molar-refractivity contribution >= 4 is 29.0 Å². The Morgan fingerprint density at radius 1 is 1.46 bits per heavy atom. The summed E-state index contributed by atoms with van der Waals surface area (Å²) < 4.78 is 19.4. The number of carbonyl (C=O) groups is 1. The predicted octanol–water partition coefficient (Wildman–Crippen LogP) is 3.37. The van der Waals surface area contributed by atoms with E-state index in [4.69, 9.17) is 4.74 Å². The normalized spacial score (nSPS) is 21.8. The SMILES string of the molecule is Cc1ccsc1C(=O)N1CC2(C[C@H](Oc3ncccc3F)CS2)C1. The largest absolute Gasteiger partial charge is 0.471 e. The van der Waals surface area contributed by atoms with E-state index in [9.17, 15) is 9.18 Å². The van der Waals surface area contributed by atoms with Gasteiger partial charge < -0.3 is 9.64 Å². The molecule has 2 fully saturated rings. The number of amides is 1. The van der Waals surface area contributed by atoms with Crippen molar-refractivity contribution in [2.24, 2.45) is 0 Å². The molecule has 1 amide bonds. The third-order valence-corrected chi connectivity index (χ3v) is 7.06. The third kappa shape index (κ3) is 2.80. The maximum Gasteiger partial charge on any atom is 0.264 e. The standard InChI is InChI=1S/C17H17FN2O2S2/c1-11-4-6-23-14(11)16(21)20-9-17(10-20)7-12(8-24-17)22-15-13(18)3-2-5-19-15/h2-6,12H,7-10H2,1H3/t12-/m0/s1. The molecule has 0 N–H and O–H groups in total. The quantitative estimate of drug-likeness (QED) is 0.837. The zero-order valence-corrected chi connectivity index (χ0v) is 14.8. The van der Waals surface area contributed by atoms with Crippen molar-refractivity contribution in [2.45, 2.75) is 24.2 Å². The van der Waals surface area contributed by atoms with E-state index in [1.54, 1.807) is 6.07 Å². The minimum Gasteiger partial charge on any atom is -0.471 e. The van der Waals surface area contributed by atoms with Gasteiger partial charge in [0.05, 0.1) is 9.62 Å². The molecule has 0 unspecified atom stereocenters. The summed E-state index contributed by atoms with van der Waals surface area (Å²) in [5, 5.41) is 1.95. The number of hydrogen-bond donors (Lipinski definition) is 0. The minimum absolute atomic E-state index is 0.0523. The maximum atomic E-state index is 13.6. The molecule has 1 spiro atoms. The van der Waals surface area contributed by atoms with Gasteiger partial charge in [-0.3, -0.25) is 4.79 Å². The number of aromatic nitrogens is 1. The summed E-state index contributed by atoms with van der Waals surface area (Å²) >= 11 is 3.32. The first-order valence-corrected chi connectivity index (χ1v) is 9.67. The Hall–Kier alpha value is -1.60. The lowest BCUT2D eigenvalue weighted by atomic mass is 9.92. The molecule has 2 saturated heterocycles. The van der Waals surface area contributed by atoms with Crippen LogP contribution in [-0.4, -0.2) is 45.5 Å². The molecule has 2 aromatic rings. The van der Waals surface area contributed by atoms with Crippen molar-refractivity contribution in [1.29, 1.82) is 0 Å². The van der Waals surface area contributed by atoms with E-state index in [1.807, 2.05) is 35.0 Å². The van der Waals surface area contributed by atoms with Crippen LogP contribution in [0.4, 0.5) is 4.39 Å². The van der Waals surface area contributed by atoms with Crippen LogP contribution in [-0.2, 0) is 0 Å². The first-order valence-electron chi connectivity index (χ1n) is 7.81. The Labute approximate surface area is 148 Å². The van der Waals surface area contributed by atoms with Crippen LogP contribution in [0.2, 0.25) is 0 Å². The van der Waals surface area contributed by atoms with E-state index in [0.29, 0.717) is 0 Å². The summed E-state index contributed by atoms with van der Waals surface area (Å²) in [7, 11) is 0. The highest BCUT2D eigenvalue weighted by Gasteiger charge is 2.51. The molecule has 0 radical (unpaired) electrons. The van der Waals surface area contributed by atoms with Gasteiger partial charge in [-0.25, -0.2) is 9.37 Å². The number of likely N-dealkylation sites (tertiary alicyclic amines) is 1. The van der Waals surface area contributed by atoms with Crippen LogP contribution < -0.4 is 4.74 Å². The summed E-state index contributed by atoms with van der Waals surface area (Å²) in [6.07, 6.45) is 2.30. The molecular formula is C17H17FN2O2S2. The lowest BCUT2D eigenvalue weighted by Gasteiger charge is -2.47. The van der Waals surface area contributed by atoms with Crippen molar-refractivity contribution in [2.75, 3.05) is 18.8 Å². The topological polar surface area (TPSA) is 42.4 Å². The molecule has 1 atom stereocenters. The molecule has 24 heavy (non-hydrogen) atoms. The van der Waals surface area contributed by atoms with E-state index in [1.165, 1.54) is 23.6 Å². The van der Waals surface area contributed by atoms with Gasteiger partial charge in [0.25, 0.3) is 11.8 Å². The van der Waals surface area contributed by atoms with Crippen molar-refractivity contribution in [1.82, 2.24) is 9.88 Å². The molecular weight excluding hydrogens is 347 g/mol. The van der Waals surface area contributed by atoms with Crippen molar-refractivity contribution in [3.63, 3.8) is 0 Å². The van der Waals surface area contributed by atoms with E-state index >= 15 is 0 Å². The molecule has 0 bridgehead atoms. The predicted molar refractivity (Wildman–Crippen MR) is 93.4 cm³/mol. The van der Waals surface area contributed by atoms with Crippen LogP contribution in [0.15, 0.2) is 29.8 Å². The Morgan fingerprint density at radius 3 is 3.00 bits per heavy atom. The van der Waals surface area contributed by atoms with Crippen LogP contribution in [0, 0.1) is 12.7 Å². The molecule has 0 aromatic carbocycles. The lowest BCUT2D eigenvalue weighted by molar-refractivity contribution is 0.0518. The molecule has 4 heterocycles. The molecule has 126 valence electrons. The number of pyridine rings is 1. The number of thioether (sulfide) groups is 1. The van der Waals surface area contributed by atoms with Crippen LogP contribution in [0.3, 0.4) is 0 Å². The maximum absolute atomic E-state index is 13.6. The average molecular weight is 364 g/mol. The number of hydrogen-bond acceptors (Lipinski definition) is 5. The molecule has 0 aliphatic carbocycles. The van der Waals surface area contributed by atoms with Crippen LogP contribution in [0.25, 0.3) is 0 Å². The van der Waals surface area contributed by atoms with E-state index < -0.39 is 5.82 Å². The van der Waals surface area contributed by atoms with Gasteiger partial charge in [0.1, 0.15) is 6.10 Å². The first kappa shape index (κ1) is 15.9. The van der Waals surface area contributed by atoms with Gasteiger partial charge in [0.15, 0.2) is 5.82 Å². The van der Waals surface area contributed by atoms with E-state index in [2.05, 4.69) is 4.98 Å². The van der Waals surface area contributed by atoms with Crippen molar-refractivity contribution in [3.8, 4) is 5.88 Å². The Morgan fingerprint density at radius 2 is 2.29 bits per heavy atom. The summed E-state index contributed by atoms with van der Waals surface area (Å²) in [5.74, 6) is 0.563. The Balaban J connectivity index is 1.36. The van der Waals surface area contributed by atoms with Crippen LogP contribution >= 0.6 is 23.1 Å². The fourth-order valence-electron chi connectivity index (χ4n) is 3.24. The molecule has 2 aromatic heterocycles. The zero-order chi connectivity index (χ0) is 16.7. The van der Waals surface area contributed by atoms with E-state index in [-0.39, 0.29) is 22.6 Å². The Kier molecular flexibility index (Phi) is 4.00. The summed E-state index contributed by atoms with van der Waals surface area (Å²) in [6, 6.07) is 4.88. The number of thiophene rings is 1. The molecule has 7 heteroatoms. The summed E-state index contributed by atoms with van der Waals surface area (Å²) in [4.78, 5) is 19.2. The number of rotatable bonds is 3.